The zero-order valence-electron chi connectivity index (χ0n) is 15.1. The Morgan fingerprint density at radius 2 is 1.50 bits per heavy atom. The summed E-state index contributed by atoms with van der Waals surface area (Å²) in [6.45, 7) is 3.95. The lowest BCUT2D eigenvalue weighted by Gasteiger charge is -2.29. The van der Waals surface area contributed by atoms with Crippen molar-refractivity contribution < 1.29 is 52.6 Å². The van der Waals surface area contributed by atoms with E-state index in [1.165, 1.54) is 19.4 Å². The van der Waals surface area contributed by atoms with Gasteiger partial charge in [0, 0.05) is 32.9 Å². The first-order chi connectivity index (χ1) is 12.3. The van der Waals surface area contributed by atoms with Crippen molar-refractivity contribution in [1.82, 2.24) is 9.80 Å². The van der Waals surface area contributed by atoms with E-state index in [9.17, 15) is 35.1 Å². The number of hydrogen-bond donors (Lipinski definition) is 2. The molecule has 6 nitrogen and oxygen atoms in total. The van der Waals surface area contributed by atoms with Gasteiger partial charge in [-0.15, -0.1) is 0 Å². The molecule has 0 atom stereocenters. The summed E-state index contributed by atoms with van der Waals surface area (Å²) in [7, 11) is -2.57. The summed E-state index contributed by atoms with van der Waals surface area (Å²) < 4.78 is 125. The van der Waals surface area contributed by atoms with Gasteiger partial charge in [-0.2, -0.15) is 34.8 Å². The van der Waals surface area contributed by atoms with Crippen molar-refractivity contribution >= 4 is 10.4 Å². The van der Waals surface area contributed by atoms with Crippen molar-refractivity contribution in [3.05, 3.63) is 12.4 Å². The summed E-state index contributed by atoms with van der Waals surface area (Å²) in [5.74, 6) is -17.3. The molecule has 28 heavy (non-hydrogen) atoms. The van der Waals surface area contributed by atoms with E-state index in [2.05, 4.69) is 36.2 Å². The second-order valence-corrected chi connectivity index (χ2v) is 6.59. The molecule has 0 saturated heterocycles. The number of halogens is 8. The first-order valence-electron chi connectivity index (χ1n) is 7.51. The van der Waals surface area contributed by atoms with E-state index in [4.69, 9.17) is 17.5 Å². The van der Waals surface area contributed by atoms with Crippen molar-refractivity contribution in [3.63, 3.8) is 0 Å². The van der Waals surface area contributed by atoms with E-state index in [0.717, 1.165) is 6.67 Å². The normalized spacial score (nSPS) is 15.2. The lowest BCUT2D eigenvalue weighted by atomic mass is 10.1. The predicted octanol–water partition coefficient (Wildman–Crippen LogP) is 3.99. The zero-order chi connectivity index (χ0) is 23.0. The standard InChI is InChI=1S/C8H16N2.C5H4F8.H2O4S/c1-3-4-5-10-7-6-9(2)8-10;1-3(8,9)5(12,13)4(10,11)2(6)7;1-5(2,3)4/h6-7H,3-5,8H2,1-2H3;2H,1H3;(H2,1,2,3,4). The quantitative estimate of drug-likeness (QED) is 0.467. The molecule has 0 amide bonds. The molecule has 0 aromatic rings. The highest BCUT2D eigenvalue weighted by molar-refractivity contribution is 7.79. The fourth-order valence-electron chi connectivity index (χ4n) is 1.53. The van der Waals surface area contributed by atoms with Gasteiger partial charge in [0.2, 0.25) is 0 Å². The van der Waals surface area contributed by atoms with Gasteiger partial charge in [0.15, 0.2) is 0 Å². The molecule has 0 aromatic heterocycles. The van der Waals surface area contributed by atoms with Crippen LogP contribution < -0.4 is 0 Å². The molecule has 15 heteroatoms. The number of nitrogens with zero attached hydrogens (tertiary/aromatic N) is 2. The van der Waals surface area contributed by atoms with Gasteiger partial charge in [-0.05, 0) is 6.42 Å². The molecule has 1 aliphatic heterocycles. The number of rotatable bonds is 6. The third-order valence-corrected chi connectivity index (χ3v) is 2.98. The summed E-state index contributed by atoms with van der Waals surface area (Å²) in [6.07, 6.45) is 2.03. The van der Waals surface area contributed by atoms with Crippen molar-refractivity contribution in [2.45, 2.75) is 50.9 Å². The van der Waals surface area contributed by atoms with E-state index in [0.29, 0.717) is 0 Å². The van der Waals surface area contributed by atoms with Gasteiger partial charge in [-0.3, -0.25) is 9.11 Å². The zero-order valence-corrected chi connectivity index (χ0v) is 15.9. The van der Waals surface area contributed by atoms with Crippen LogP contribution in [-0.2, 0) is 10.4 Å². The topological polar surface area (TPSA) is 81.1 Å². The molecular formula is C13H22F8N2O4S. The largest absolute Gasteiger partial charge is 0.394 e. The highest BCUT2D eigenvalue weighted by atomic mass is 32.3. The van der Waals surface area contributed by atoms with Gasteiger partial charge in [0.05, 0.1) is 6.67 Å². The summed E-state index contributed by atoms with van der Waals surface area (Å²) in [5.41, 5.74) is 0. The Labute approximate surface area is 157 Å². The second-order valence-electron chi connectivity index (χ2n) is 5.70. The van der Waals surface area contributed by atoms with Crippen LogP contribution in [0, 0.1) is 0 Å². The SMILES string of the molecule is CC(F)(F)C(F)(F)C(F)(F)C(F)F.CCCCN1C=CN(C)C1.O=S(=O)(O)O. The van der Waals surface area contributed by atoms with Crippen LogP contribution in [-0.4, -0.2) is 71.8 Å². The van der Waals surface area contributed by atoms with Crippen LogP contribution >= 0.6 is 0 Å². The van der Waals surface area contributed by atoms with Crippen molar-refractivity contribution in [1.29, 1.82) is 0 Å². The molecule has 0 bridgehead atoms. The molecule has 1 heterocycles. The molecule has 0 aromatic carbocycles. The van der Waals surface area contributed by atoms with Gasteiger partial charge in [-0.1, -0.05) is 13.3 Å². The van der Waals surface area contributed by atoms with Crippen molar-refractivity contribution in [2.24, 2.45) is 0 Å². The average molecular weight is 454 g/mol. The van der Waals surface area contributed by atoms with Crippen molar-refractivity contribution in [2.75, 3.05) is 20.3 Å². The minimum Gasteiger partial charge on any atom is -0.362 e. The number of hydrogen-bond acceptors (Lipinski definition) is 4. The molecular weight excluding hydrogens is 432 g/mol. The highest BCUT2D eigenvalue weighted by Gasteiger charge is 2.73. The van der Waals surface area contributed by atoms with Gasteiger partial charge < -0.3 is 9.80 Å². The van der Waals surface area contributed by atoms with Gasteiger partial charge >= 0.3 is 34.6 Å². The summed E-state index contributed by atoms with van der Waals surface area (Å²) in [4.78, 5) is 4.53. The molecule has 1 aliphatic rings. The van der Waals surface area contributed by atoms with Crippen LogP contribution in [0.5, 0.6) is 0 Å². The fourth-order valence-corrected chi connectivity index (χ4v) is 1.53. The Morgan fingerprint density at radius 1 is 1.07 bits per heavy atom. The Balaban J connectivity index is 0. The average Bonchev–Trinajstić information content (AvgIpc) is 2.88. The van der Waals surface area contributed by atoms with Crippen LogP contribution in [0.25, 0.3) is 0 Å². The van der Waals surface area contributed by atoms with Crippen molar-refractivity contribution in [3.8, 4) is 0 Å². The summed E-state index contributed by atoms with van der Waals surface area (Å²) in [6, 6.07) is 0. The summed E-state index contributed by atoms with van der Waals surface area (Å²) in [5, 5.41) is 0. The Morgan fingerprint density at radius 3 is 1.71 bits per heavy atom. The van der Waals surface area contributed by atoms with E-state index < -0.39 is 41.5 Å². The maximum atomic E-state index is 12.0. The minimum absolute atomic E-state index is 0.552. The molecule has 0 spiro atoms. The van der Waals surface area contributed by atoms with Gasteiger partial charge in [-0.25, -0.2) is 8.78 Å². The molecule has 0 radical (unpaired) electrons. The minimum atomic E-state index is -6.06. The fraction of sp³-hybridized carbons (Fsp3) is 0.846. The van der Waals surface area contributed by atoms with Gasteiger partial charge in [0.1, 0.15) is 0 Å². The number of alkyl halides is 8. The predicted molar refractivity (Wildman–Crippen MR) is 84.1 cm³/mol. The third kappa shape index (κ3) is 10.8. The molecule has 2 N–H and O–H groups in total. The smallest absolute Gasteiger partial charge is 0.362 e. The van der Waals surface area contributed by atoms with Crippen LogP contribution in [0.1, 0.15) is 26.7 Å². The number of unbranched alkanes of at least 4 members (excludes halogenated alkanes) is 1. The van der Waals surface area contributed by atoms with E-state index in [-0.39, 0.29) is 0 Å². The van der Waals surface area contributed by atoms with E-state index >= 15 is 0 Å². The molecule has 0 unspecified atom stereocenters. The summed E-state index contributed by atoms with van der Waals surface area (Å²) >= 11 is 0. The maximum absolute atomic E-state index is 12.0. The third-order valence-electron chi connectivity index (χ3n) is 2.98. The lowest BCUT2D eigenvalue weighted by molar-refractivity contribution is -0.333. The van der Waals surface area contributed by atoms with Crippen LogP contribution in [0.15, 0.2) is 12.4 Å². The van der Waals surface area contributed by atoms with Gasteiger partial charge in [0.25, 0.3) is 0 Å². The Kier molecular flexibility index (Phi) is 11.3. The van der Waals surface area contributed by atoms with E-state index in [1.54, 1.807) is 0 Å². The molecule has 0 aliphatic carbocycles. The first-order valence-corrected chi connectivity index (χ1v) is 8.91. The molecule has 170 valence electrons. The molecule has 0 saturated carbocycles. The van der Waals surface area contributed by atoms with E-state index in [1.807, 2.05) is 0 Å². The lowest BCUT2D eigenvalue weighted by Crippen LogP contribution is -2.56. The maximum Gasteiger partial charge on any atom is 0.394 e. The first kappa shape index (κ1) is 28.9. The highest BCUT2D eigenvalue weighted by Crippen LogP contribution is 2.47. The Hall–Kier alpha value is -1.35. The molecule has 1 rings (SSSR count). The second kappa shape index (κ2) is 11.0. The van der Waals surface area contributed by atoms with Crippen LogP contribution in [0.2, 0.25) is 0 Å². The van der Waals surface area contributed by atoms with Crippen LogP contribution in [0.4, 0.5) is 35.1 Å². The monoisotopic (exact) mass is 454 g/mol. The molecule has 0 fully saturated rings. The Bertz CT molecular complexity index is 574. The van der Waals surface area contributed by atoms with Crippen LogP contribution in [0.3, 0.4) is 0 Å².